The van der Waals surface area contributed by atoms with Crippen molar-refractivity contribution in [3.05, 3.63) is 57.0 Å². The highest BCUT2D eigenvalue weighted by molar-refractivity contribution is 7.93. The van der Waals surface area contributed by atoms with Crippen LogP contribution in [-0.2, 0) is 21.9 Å². The number of halogens is 1. The average molecular weight is 449 g/mol. The Bertz CT molecular complexity index is 1190. The molecule has 0 amide bonds. The first-order chi connectivity index (χ1) is 13.8. The quantitative estimate of drug-likeness (QED) is 0.719. The number of hydrogen-bond donors (Lipinski definition) is 2. The Morgan fingerprint density at radius 1 is 1.50 bits per heavy atom. The molecule has 0 saturated carbocycles. The highest BCUT2D eigenvalue weighted by Gasteiger charge is 2.28. The molecule has 160 valence electrons. The second-order valence-corrected chi connectivity index (χ2v) is 11.2. The molecular weight excluding hydrogens is 423 g/mol. The molecule has 0 aliphatic heterocycles. The molecule has 2 aromatic rings. The lowest BCUT2D eigenvalue weighted by atomic mass is 9.80. The van der Waals surface area contributed by atoms with E-state index in [-0.39, 0.29) is 28.2 Å². The molecule has 0 fully saturated rings. The van der Waals surface area contributed by atoms with Gasteiger partial charge in [-0.25, -0.2) is 18.7 Å². The van der Waals surface area contributed by atoms with Gasteiger partial charge in [-0.15, -0.1) is 11.3 Å². The third-order valence-corrected chi connectivity index (χ3v) is 7.78. The molecule has 2 unspecified atom stereocenters. The van der Waals surface area contributed by atoms with Gasteiger partial charge in [-0.1, -0.05) is 26.8 Å². The number of allylic oxidation sites excluding steroid dienone is 2. The molecule has 6 nitrogen and oxygen atoms in total. The summed E-state index contributed by atoms with van der Waals surface area (Å²) >= 11 is 1.09. The minimum absolute atomic E-state index is 0.0302. The van der Waals surface area contributed by atoms with E-state index in [1.165, 1.54) is 0 Å². The second-order valence-electron chi connectivity index (χ2n) is 8.33. The summed E-state index contributed by atoms with van der Waals surface area (Å²) < 4.78 is 32.5. The first-order valence-electron chi connectivity index (χ1n) is 9.54. The Balaban J connectivity index is 2.08. The van der Waals surface area contributed by atoms with E-state index < -0.39 is 21.3 Å². The zero-order valence-electron chi connectivity index (χ0n) is 17.6. The molecule has 1 aliphatic rings. The highest BCUT2D eigenvalue weighted by Crippen LogP contribution is 2.38. The van der Waals surface area contributed by atoms with Crippen molar-refractivity contribution >= 4 is 21.3 Å². The topological polar surface area (TPSA) is 112 Å². The predicted molar refractivity (Wildman–Crippen MR) is 116 cm³/mol. The molecule has 3 N–H and O–H groups in total. The maximum Gasteiger partial charge on any atom is 0.204 e. The van der Waals surface area contributed by atoms with Gasteiger partial charge in [0, 0.05) is 17.7 Å². The zero-order chi connectivity index (χ0) is 22.4. The van der Waals surface area contributed by atoms with E-state index >= 15 is 0 Å². The molecule has 9 heteroatoms. The minimum Gasteiger partial charge on any atom is -0.384 e. The normalized spacial score (nSPS) is 18.4. The summed E-state index contributed by atoms with van der Waals surface area (Å²) in [6, 6.07) is 3.52. The van der Waals surface area contributed by atoms with Gasteiger partial charge in [0.25, 0.3) is 0 Å². The summed E-state index contributed by atoms with van der Waals surface area (Å²) in [5.74, 6) is -0.784. The van der Waals surface area contributed by atoms with Crippen molar-refractivity contribution in [3.63, 3.8) is 0 Å². The number of aromatic nitrogens is 1. The van der Waals surface area contributed by atoms with Gasteiger partial charge in [-0.05, 0) is 42.5 Å². The number of benzene rings is 1. The molecule has 0 saturated heterocycles. The van der Waals surface area contributed by atoms with Crippen LogP contribution in [0.5, 0.6) is 0 Å². The van der Waals surface area contributed by atoms with Crippen LogP contribution in [0.25, 0.3) is 0 Å². The summed E-state index contributed by atoms with van der Waals surface area (Å²) in [5.41, 5.74) is 1.85. The van der Waals surface area contributed by atoms with Gasteiger partial charge >= 0.3 is 0 Å². The van der Waals surface area contributed by atoms with Gasteiger partial charge in [0.15, 0.2) is 9.92 Å². The van der Waals surface area contributed by atoms with Crippen LogP contribution in [0.1, 0.15) is 74.4 Å². The molecular formula is C21H25FN4O2S2. The summed E-state index contributed by atoms with van der Waals surface area (Å²) in [6.45, 7) is 8.84. The van der Waals surface area contributed by atoms with Gasteiger partial charge in [-0.3, -0.25) is 0 Å². The minimum atomic E-state index is -3.32. The maximum atomic E-state index is 14.9. The lowest BCUT2D eigenvalue weighted by Gasteiger charge is -2.25. The molecule has 1 heterocycles. The summed E-state index contributed by atoms with van der Waals surface area (Å²) in [6.07, 6.45) is 2.11. The molecule has 3 rings (SSSR count). The third kappa shape index (κ3) is 4.18. The van der Waals surface area contributed by atoms with E-state index in [1.807, 2.05) is 32.9 Å². The summed E-state index contributed by atoms with van der Waals surface area (Å²) in [4.78, 5) is 4.22. The van der Waals surface area contributed by atoms with Crippen molar-refractivity contribution in [2.24, 2.45) is 9.50 Å². The zero-order valence-corrected chi connectivity index (χ0v) is 19.2. The fraction of sp³-hybridized carbons (Fsp3) is 0.429. The van der Waals surface area contributed by atoms with Crippen molar-refractivity contribution < 1.29 is 13.7 Å². The number of nitrogens with zero attached hydrogens (tertiary/aromatic N) is 3. The fourth-order valence-corrected chi connectivity index (χ4v) is 5.89. The molecule has 2 atom stereocenters. The van der Waals surface area contributed by atoms with E-state index in [1.54, 1.807) is 25.3 Å². The molecule has 0 radical (unpaired) electrons. The number of nitriles is 1. The van der Waals surface area contributed by atoms with E-state index in [0.717, 1.165) is 22.5 Å². The van der Waals surface area contributed by atoms with E-state index in [4.69, 9.17) is 5.14 Å². The number of nitrogens with two attached hydrogens (primary N) is 1. The highest BCUT2D eigenvalue weighted by atomic mass is 32.2. The van der Waals surface area contributed by atoms with Crippen molar-refractivity contribution in [3.8, 4) is 6.07 Å². The Morgan fingerprint density at radius 3 is 2.70 bits per heavy atom. The van der Waals surface area contributed by atoms with E-state index in [0.29, 0.717) is 17.0 Å². The Kier molecular flexibility index (Phi) is 5.91. The van der Waals surface area contributed by atoms with Gasteiger partial charge in [-0.2, -0.15) is 9.62 Å². The van der Waals surface area contributed by atoms with Crippen LogP contribution in [0.3, 0.4) is 0 Å². The number of aliphatic hydroxyl groups is 1. The number of rotatable bonds is 4. The van der Waals surface area contributed by atoms with Gasteiger partial charge < -0.3 is 5.11 Å². The SMILES string of the molecule is CC(C)c1c(F)c(C#N)cc2c1CC(N=S(N)(=O)c1nc(C(C)(C)O)cs1)=CC2C. The van der Waals surface area contributed by atoms with Crippen LogP contribution >= 0.6 is 11.3 Å². The lowest BCUT2D eigenvalue weighted by molar-refractivity contribution is 0.0741. The number of fused-ring (bicyclic) bond motifs is 1. The Labute approximate surface area is 180 Å². The van der Waals surface area contributed by atoms with Crippen LogP contribution in [0.4, 0.5) is 4.39 Å². The van der Waals surface area contributed by atoms with E-state index in [2.05, 4.69) is 9.35 Å². The number of thiazole rings is 1. The Hall–Kier alpha value is -2.12. The fourth-order valence-electron chi connectivity index (χ4n) is 3.59. The molecule has 0 spiro atoms. The van der Waals surface area contributed by atoms with Crippen molar-refractivity contribution in [1.29, 1.82) is 5.26 Å². The standard InChI is InChI=1S/C21H25FN4O2S2/c1-11(2)18-16-8-14(6-12(3)15(16)7-13(9-23)19(18)22)26-30(24,28)20-25-17(10-29-20)21(4,5)27/h6-7,10-12,27H,8H2,1-5H3,(H2,24,26,28). The van der Waals surface area contributed by atoms with Gasteiger partial charge in [0.1, 0.15) is 17.5 Å². The van der Waals surface area contributed by atoms with Crippen LogP contribution < -0.4 is 5.14 Å². The van der Waals surface area contributed by atoms with Crippen LogP contribution in [0.2, 0.25) is 0 Å². The van der Waals surface area contributed by atoms with Gasteiger partial charge in [0.05, 0.1) is 17.0 Å². The maximum absolute atomic E-state index is 14.9. The third-order valence-electron chi connectivity index (χ3n) is 5.05. The molecule has 1 aliphatic carbocycles. The monoisotopic (exact) mass is 448 g/mol. The number of hydrogen-bond acceptors (Lipinski definition) is 6. The van der Waals surface area contributed by atoms with E-state index in [9.17, 15) is 19.0 Å². The molecule has 0 bridgehead atoms. The average Bonchev–Trinajstić information content (AvgIpc) is 3.12. The molecule has 1 aromatic carbocycles. The van der Waals surface area contributed by atoms with Crippen LogP contribution in [0.15, 0.2) is 31.9 Å². The molecule has 1 aromatic heterocycles. The van der Waals surface area contributed by atoms with Crippen LogP contribution in [-0.4, -0.2) is 14.3 Å². The lowest BCUT2D eigenvalue weighted by Crippen LogP contribution is -2.18. The van der Waals surface area contributed by atoms with Gasteiger partial charge in [0.2, 0.25) is 4.34 Å². The largest absolute Gasteiger partial charge is 0.384 e. The first kappa shape index (κ1) is 22.6. The second kappa shape index (κ2) is 7.85. The predicted octanol–water partition coefficient (Wildman–Crippen LogP) is 4.45. The summed E-state index contributed by atoms with van der Waals surface area (Å²) in [7, 11) is -3.32. The molecule has 30 heavy (non-hydrogen) atoms. The Morgan fingerprint density at radius 2 is 2.17 bits per heavy atom. The van der Waals surface area contributed by atoms with Crippen LogP contribution in [0, 0.1) is 17.1 Å². The smallest absolute Gasteiger partial charge is 0.204 e. The first-order valence-corrected chi connectivity index (χ1v) is 12.0. The van der Waals surface area contributed by atoms with Crippen molar-refractivity contribution in [2.45, 2.75) is 62.8 Å². The summed E-state index contributed by atoms with van der Waals surface area (Å²) in [5, 5.41) is 27.0. The van der Waals surface area contributed by atoms with Crippen molar-refractivity contribution in [2.75, 3.05) is 0 Å². The van der Waals surface area contributed by atoms with Crippen molar-refractivity contribution in [1.82, 2.24) is 4.98 Å².